The molecule has 9 nitrogen and oxygen atoms in total. The maximum atomic E-state index is 13.4. The lowest BCUT2D eigenvalue weighted by molar-refractivity contribution is -0.164. The second-order valence-corrected chi connectivity index (χ2v) is 12.7. The van der Waals surface area contributed by atoms with Crippen LogP contribution < -0.4 is 9.64 Å². The summed E-state index contributed by atoms with van der Waals surface area (Å²) in [5.41, 5.74) is 5.82. The summed E-state index contributed by atoms with van der Waals surface area (Å²) >= 11 is 7.30. The third-order valence-corrected chi connectivity index (χ3v) is 8.35. The second kappa shape index (κ2) is 12.7. The Balaban J connectivity index is 1.63. The number of benzene rings is 3. The van der Waals surface area contributed by atoms with E-state index in [9.17, 15) is 9.90 Å². The number of carbonyl (C=O) groups is 1. The maximum absolute atomic E-state index is 13.4. The number of esters is 1. The van der Waals surface area contributed by atoms with Gasteiger partial charge >= 0.3 is 5.97 Å². The molecule has 242 valence electrons. The average Bonchev–Trinajstić information content (AvgIpc) is 3.47. The van der Waals surface area contributed by atoms with Crippen LogP contribution in [-0.2, 0) is 14.3 Å². The van der Waals surface area contributed by atoms with Crippen LogP contribution >= 0.6 is 11.6 Å². The molecule has 0 unspecified atom stereocenters. The Labute approximate surface area is 279 Å². The average molecular weight is 653 g/mol. The lowest BCUT2D eigenvalue weighted by Crippen LogP contribution is -2.33. The third kappa shape index (κ3) is 6.16. The first kappa shape index (κ1) is 32.1. The molecule has 1 atom stereocenters. The van der Waals surface area contributed by atoms with Gasteiger partial charge in [0.15, 0.2) is 11.8 Å². The Morgan fingerprint density at radius 3 is 2.60 bits per heavy atom. The minimum absolute atomic E-state index is 0.188. The summed E-state index contributed by atoms with van der Waals surface area (Å²) in [5.74, 6) is 0.278. The summed E-state index contributed by atoms with van der Waals surface area (Å²) in [6.07, 6.45) is 0.697. The highest BCUT2D eigenvalue weighted by atomic mass is 35.5. The molecule has 0 saturated heterocycles. The molecule has 3 aromatic carbocycles. The van der Waals surface area contributed by atoms with Crippen LogP contribution in [-0.4, -0.2) is 58.1 Å². The molecule has 0 spiro atoms. The van der Waals surface area contributed by atoms with E-state index in [-0.39, 0.29) is 5.75 Å². The van der Waals surface area contributed by atoms with Gasteiger partial charge in [-0.25, -0.2) is 14.3 Å². The molecule has 3 heterocycles. The first-order valence-corrected chi connectivity index (χ1v) is 15.7. The Kier molecular flexibility index (Phi) is 8.70. The molecule has 0 amide bonds. The molecular weight excluding hydrogens is 616 g/mol. The van der Waals surface area contributed by atoms with E-state index in [0.717, 1.165) is 16.8 Å². The molecule has 1 aliphatic heterocycles. The number of nitrogens with zero attached hydrogens (tertiary/aromatic N) is 4. The maximum Gasteiger partial charge on any atom is 0.339 e. The number of hydrogen-bond acceptors (Lipinski definition) is 8. The Morgan fingerprint density at radius 2 is 1.87 bits per heavy atom. The Hall–Kier alpha value is -4.86. The molecule has 0 saturated carbocycles. The van der Waals surface area contributed by atoms with Crippen LogP contribution in [0, 0.1) is 6.92 Å². The van der Waals surface area contributed by atoms with E-state index in [1.807, 2.05) is 88.4 Å². The molecule has 0 aliphatic carbocycles. The molecule has 1 aliphatic rings. The predicted molar refractivity (Wildman–Crippen MR) is 184 cm³/mol. The van der Waals surface area contributed by atoms with Crippen molar-refractivity contribution in [2.45, 2.75) is 39.4 Å². The van der Waals surface area contributed by atoms with Crippen molar-refractivity contribution in [3.05, 3.63) is 95.7 Å². The summed E-state index contributed by atoms with van der Waals surface area (Å²) in [4.78, 5) is 20.5. The molecule has 47 heavy (non-hydrogen) atoms. The summed E-state index contributed by atoms with van der Waals surface area (Å²) in [6.45, 7) is 13.1. The molecule has 0 radical (unpaired) electrons. The molecule has 2 aromatic heterocycles. The van der Waals surface area contributed by atoms with Gasteiger partial charge in [-0.05, 0) is 57.5 Å². The van der Waals surface area contributed by atoms with Crippen LogP contribution in [0.25, 0.3) is 39.3 Å². The van der Waals surface area contributed by atoms with E-state index in [2.05, 4.69) is 11.5 Å². The van der Waals surface area contributed by atoms with Gasteiger partial charge in [0.2, 0.25) is 0 Å². The van der Waals surface area contributed by atoms with E-state index < -0.39 is 17.7 Å². The SMILES string of the molecule is C=CCN1CCOc2ccc(-c3c([C@H](OC(C)(C)C)C(=O)OC)c(C)nc4cc(-c5cccc(-c6ccccc6O)c5)nn34)c(Cl)c21. The van der Waals surface area contributed by atoms with Crippen molar-refractivity contribution >= 4 is 28.9 Å². The van der Waals surface area contributed by atoms with E-state index in [1.54, 1.807) is 16.6 Å². The molecule has 1 N–H and O–H groups in total. The third-order valence-electron chi connectivity index (χ3n) is 7.97. The lowest BCUT2D eigenvalue weighted by atomic mass is 9.97. The van der Waals surface area contributed by atoms with E-state index in [1.165, 1.54) is 7.11 Å². The van der Waals surface area contributed by atoms with Crippen molar-refractivity contribution in [2.75, 3.05) is 31.7 Å². The second-order valence-electron chi connectivity index (χ2n) is 12.3. The zero-order valence-corrected chi connectivity index (χ0v) is 27.8. The van der Waals surface area contributed by atoms with Crippen molar-refractivity contribution in [3.63, 3.8) is 0 Å². The van der Waals surface area contributed by atoms with Crippen LogP contribution in [0.15, 0.2) is 79.4 Å². The normalized spacial score (nSPS) is 13.6. The monoisotopic (exact) mass is 652 g/mol. The number of fused-ring (bicyclic) bond motifs is 2. The van der Waals surface area contributed by atoms with Crippen LogP contribution in [0.2, 0.25) is 5.02 Å². The standard InChI is InChI=1S/C37H37ClN4O5/c1-7-17-41-18-19-46-29-16-15-26(32(38)34(29)41)33-31(35(36(44)45-6)47-37(3,4)5)22(2)39-30-21-27(40-42(30)33)24-12-10-11-23(20-24)25-13-8-9-14-28(25)43/h7-16,20-21,35,43H,1,17-19H2,2-6H3/t35-/m0/s1. The topological polar surface area (TPSA) is 98.4 Å². The number of rotatable bonds is 8. The van der Waals surface area contributed by atoms with Gasteiger partial charge in [-0.2, -0.15) is 5.10 Å². The lowest BCUT2D eigenvalue weighted by Gasteiger charge is -2.32. The van der Waals surface area contributed by atoms with Gasteiger partial charge in [-0.15, -0.1) is 6.58 Å². The molecule has 10 heteroatoms. The molecule has 0 bridgehead atoms. The number of phenols is 1. The smallest absolute Gasteiger partial charge is 0.339 e. The molecule has 0 fully saturated rings. The molecule has 5 aromatic rings. The van der Waals surface area contributed by atoms with Gasteiger partial charge in [0.25, 0.3) is 0 Å². The number of para-hydroxylation sites is 1. The number of halogens is 1. The molecular formula is C37H37ClN4O5. The van der Waals surface area contributed by atoms with E-state index in [4.69, 9.17) is 35.9 Å². The van der Waals surface area contributed by atoms with E-state index in [0.29, 0.717) is 69.9 Å². The fourth-order valence-electron chi connectivity index (χ4n) is 5.95. The van der Waals surface area contributed by atoms with E-state index >= 15 is 0 Å². The number of hydrogen-bond donors (Lipinski definition) is 1. The first-order chi connectivity index (χ1) is 22.5. The van der Waals surface area contributed by atoms with Gasteiger partial charge < -0.3 is 24.2 Å². The number of methoxy groups -OCH3 is 1. The van der Waals surface area contributed by atoms with Crippen molar-refractivity contribution in [2.24, 2.45) is 0 Å². The van der Waals surface area contributed by atoms with Gasteiger partial charge in [0.05, 0.1) is 41.4 Å². The number of carbonyl (C=O) groups excluding carboxylic acids is 1. The number of anilines is 1. The highest BCUT2D eigenvalue weighted by Gasteiger charge is 2.35. The minimum atomic E-state index is -1.13. The Morgan fingerprint density at radius 1 is 1.11 bits per heavy atom. The van der Waals surface area contributed by atoms with Crippen molar-refractivity contribution in [3.8, 4) is 45.1 Å². The van der Waals surface area contributed by atoms with Crippen molar-refractivity contribution in [1.82, 2.24) is 14.6 Å². The fraction of sp³-hybridized carbons (Fsp3) is 0.270. The predicted octanol–water partition coefficient (Wildman–Crippen LogP) is 7.81. The number of ether oxygens (including phenoxy) is 3. The number of aromatic hydroxyl groups is 1. The van der Waals surface area contributed by atoms with Gasteiger partial charge in [-0.1, -0.05) is 54.1 Å². The zero-order chi connectivity index (χ0) is 33.5. The quantitative estimate of drug-likeness (QED) is 0.134. The first-order valence-electron chi connectivity index (χ1n) is 15.4. The summed E-state index contributed by atoms with van der Waals surface area (Å²) < 4.78 is 19.3. The largest absolute Gasteiger partial charge is 0.507 e. The number of phenolic OH excluding ortho intramolecular Hbond substituents is 1. The van der Waals surface area contributed by atoms with Gasteiger partial charge in [-0.3, -0.25) is 0 Å². The summed E-state index contributed by atoms with van der Waals surface area (Å²) in [6, 6.07) is 20.6. The van der Waals surface area contributed by atoms with Crippen LogP contribution in [0.5, 0.6) is 11.5 Å². The van der Waals surface area contributed by atoms with Gasteiger partial charge in [0.1, 0.15) is 18.1 Å². The molecule has 6 rings (SSSR count). The zero-order valence-electron chi connectivity index (χ0n) is 27.1. The summed E-state index contributed by atoms with van der Waals surface area (Å²) in [5, 5.41) is 16.0. The highest BCUT2D eigenvalue weighted by Crippen LogP contribution is 2.47. The summed E-state index contributed by atoms with van der Waals surface area (Å²) in [7, 11) is 1.34. The minimum Gasteiger partial charge on any atom is -0.507 e. The van der Waals surface area contributed by atoms with Crippen molar-refractivity contribution < 1.29 is 24.1 Å². The van der Waals surface area contributed by atoms with Crippen molar-refractivity contribution in [1.29, 1.82) is 0 Å². The van der Waals surface area contributed by atoms with Crippen LogP contribution in [0.1, 0.15) is 38.1 Å². The van der Waals surface area contributed by atoms with Crippen LogP contribution in [0.3, 0.4) is 0 Å². The van der Waals surface area contributed by atoms with Gasteiger partial charge in [0, 0.05) is 40.6 Å². The highest BCUT2D eigenvalue weighted by molar-refractivity contribution is 6.36. The number of aromatic nitrogens is 3. The Bertz CT molecular complexity index is 2000. The fourth-order valence-corrected chi connectivity index (χ4v) is 6.32. The van der Waals surface area contributed by atoms with Crippen LogP contribution in [0.4, 0.5) is 5.69 Å². The number of aryl methyl sites for hydroxylation is 1.